The van der Waals surface area contributed by atoms with Gasteiger partial charge in [0.1, 0.15) is 0 Å². The van der Waals surface area contributed by atoms with Crippen LogP contribution < -0.4 is 0 Å². The average molecular weight is 1540 g/mol. The van der Waals surface area contributed by atoms with Crippen molar-refractivity contribution in [2.75, 3.05) is 403 Å². The van der Waals surface area contributed by atoms with Crippen LogP contribution in [0.3, 0.4) is 0 Å². The predicted molar refractivity (Wildman–Crippen MR) is 393 cm³/mol. The first-order valence-electron chi connectivity index (χ1n) is 39.3. The lowest BCUT2D eigenvalue weighted by Gasteiger charge is -2.09. The van der Waals surface area contributed by atoms with Crippen LogP contribution in [0, 0.1) is 0 Å². The maximum absolute atomic E-state index is 8.62. The quantitative estimate of drug-likeness (QED) is 0.0767. The highest BCUT2D eigenvalue weighted by Gasteiger charge is 2.03. The van der Waals surface area contributed by atoms with Gasteiger partial charge in [-0.15, -0.1) is 0 Å². The second kappa shape index (κ2) is 103. The van der Waals surface area contributed by atoms with Crippen molar-refractivity contribution in [3.8, 4) is 0 Å². The van der Waals surface area contributed by atoms with E-state index in [0.29, 0.717) is 390 Å². The van der Waals surface area contributed by atoms with Crippen molar-refractivity contribution in [2.24, 2.45) is 0 Å². The first kappa shape index (κ1) is 104. The molecule has 0 rings (SSSR count). The number of ether oxygens (including phenoxy) is 30. The fourth-order valence-electron chi connectivity index (χ4n) is 8.59. The molecule has 0 fully saturated rings. The zero-order valence-corrected chi connectivity index (χ0v) is 65.3. The summed E-state index contributed by atoms with van der Waals surface area (Å²) in [6.45, 7) is 32.1. The Hall–Kier alpha value is -1.24. The average Bonchev–Trinajstić information content (AvgIpc) is 3.78. The van der Waals surface area contributed by atoms with Crippen molar-refractivity contribution in [3.63, 3.8) is 0 Å². The van der Waals surface area contributed by atoms with E-state index in [1.54, 1.807) is 0 Å². The van der Waals surface area contributed by atoms with Crippen LogP contribution in [-0.4, -0.2) is 408 Å². The number of unbranched alkanes of at least 4 members (excludes halogenated alkanes) is 11. The Morgan fingerprint density at radius 2 is 0.190 bits per heavy atom. The van der Waals surface area contributed by atoms with Crippen molar-refractivity contribution in [1.29, 1.82) is 0 Å². The molecule has 0 atom stereocenters. The second-order valence-electron chi connectivity index (χ2n) is 23.0. The van der Waals surface area contributed by atoms with Gasteiger partial charge < -0.3 is 147 Å². The van der Waals surface area contributed by atoms with E-state index in [0.717, 1.165) is 13.0 Å². The molecule has 0 amide bonds. The van der Waals surface area contributed by atoms with Crippen molar-refractivity contribution in [3.05, 3.63) is 0 Å². The molecule has 632 valence electrons. The summed E-state index contributed by atoms with van der Waals surface area (Å²) >= 11 is 0. The molecular weight excluding hydrogens is 1380 g/mol. The van der Waals surface area contributed by atoms with E-state index in [4.69, 9.17) is 147 Å². The fourth-order valence-corrected chi connectivity index (χ4v) is 8.59. The molecule has 31 nitrogen and oxygen atoms in total. The lowest BCUT2D eigenvalue weighted by atomic mass is 10.1. The first-order chi connectivity index (χ1) is 52.4. The normalized spacial score (nSPS) is 11.8. The zero-order chi connectivity index (χ0) is 74.8. The zero-order valence-electron chi connectivity index (χ0n) is 65.3. The van der Waals surface area contributed by atoms with Gasteiger partial charge >= 0.3 is 0 Å². The van der Waals surface area contributed by atoms with Crippen molar-refractivity contribution >= 4 is 0 Å². The van der Waals surface area contributed by atoms with Gasteiger partial charge in [0.2, 0.25) is 0 Å². The maximum atomic E-state index is 8.62. The van der Waals surface area contributed by atoms with Crippen molar-refractivity contribution in [2.45, 2.75) is 84.0 Å². The summed E-state index contributed by atoms with van der Waals surface area (Å²) in [5.41, 5.74) is 0. The van der Waals surface area contributed by atoms with Crippen molar-refractivity contribution in [1.82, 2.24) is 0 Å². The van der Waals surface area contributed by atoms with Crippen LogP contribution in [0.2, 0.25) is 0 Å². The Labute approximate surface area is 632 Å². The van der Waals surface area contributed by atoms with Crippen LogP contribution in [0.4, 0.5) is 0 Å². The Balaban J connectivity index is 3.09. The SMILES string of the molecule is CCCCCCCCCCCCCCOCCOCCOCCOCCOCCOCCOCCOCCOCCOCCOCCOCCOCCOCCOCCOCCOCCOCCOCCOCCOCCOCCOCCOCCOCCOCCOCCOCCOCCOCCO. The standard InChI is InChI=1S/C74H150O31/c1-2-3-4-5-6-7-8-9-10-11-12-13-15-76-17-19-78-21-23-80-25-27-82-29-31-84-33-35-86-37-39-88-41-43-90-45-47-92-49-51-94-53-55-96-57-59-98-61-63-100-65-67-102-69-71-104-73-74-105-72-70-103-68-66-101-64-62-99-60-58-97-56-54-95-52-50-93-48-46-91-44-42-89-40-38-87-36-34-85-32-30-83-28-26-81-24-22-79-20-18-77-16-14-75/h75H,2-74H2,1H3. The van der Waals surface area contributed by atoms with Gasteiger partial charge in [-0.3, -0.25) is 0 Å². The molecule has 105 heavy (non-hydrogen) atoms. The summed E-state index contributed by atoms with van der Waals surface area (Å²) in [6, 6.07) is 0. The number of aliphatic hydroxyl groups is 1. The Bertz CT molecular complexity index is 1360. The van der Waals surface area contributed by atoms with E-state index in [1.165, 1.54) is 70.6 Å². The lowest BCUT2D eigenvalue weighted by molar-refractivity contribution is -0.0325. The van der Waals surface area contributed by atoms with Gasteiger partial charge in [-0.05, 0) is 6.42 Å². The highest BCUT2D eigenvalue weighted by atomic mass is 16.6. The summed E-state index contributed by atoms with van der Waals surface area (Å²) in [5, 5.41) is 8.62. The topological polar surface area (TPSA) is 297 Å². The Morgan fingerprint density at radius 1 is 0.105 bits per heavy atom. The summed E-state index contributed by atoms with van der Waals surface area (Å²) in [7, 11) is 0. The van der Waals surface area contributed by atoms with E-state index < -0.39 is 0 Å². The van der Waals surface area contributed by atoms with Gasteiger partial charge in [0.25, 0.3) is 0 Å². The van der Waals surface area contributed by atoms with E-state index in [9.17, 15) is 0 Å². The van der Waals surface area contributed by atoms with E-state index in [2.05, 4.69) is 6.92 Å². The summed E-state index contributed by atoms with van der Waals surface area (Å²) in [4.78, 5) is 0. The van der Waals surface area contributed by atoms with Gasteiger partial charge in [0.05, 0.1) is 396 Å². The third-order valence-corrected chi connectivity index (χ3v) is 14.2. The molecule has 0 aromatic carbocycles. The molecule has 0 spiro atoms. The minimum absolute atomic E-state index is 0.0167. The summed E-state index contributed by atoms with van der Waals surface area (Å²) in [5.74, 6) is 0. The van der Waals surface area contributed by atoms with E-state index in [-0.39, 0.29) is 6.61 Å². The highest BCUT2D eigenvalue weighted by molar-refractivity contribution is 4.50. The van der Waals surface area contributed by atoms with Crippen LogP contribution >= 0.6 is 0 Å². The molecule has 31 heteroatoms. The molecule has 0 heterocycles. The number of rotatable bonds is 102. The fraction of sp³-hybridized carbons (Fsp3) is 1.00. The minimum atomic E-state index is 0.0167. The Kier molecular flexibility index (Phi) is 102. The molecule has 0 unspecified atom stereocenters. The third-order valence-electron chi connectivity index (χ3n) is 14.2. The van der Waals surface area contributed by atoms with Crippen LogP contribution in [0.5, 0.6) is 0 Å². The second-order valence-corrected chi connectivity index (χ2v) is 23.0. The van der Waals surface area contributed by atoms with Gasteiger partial charge in [0.15, 0.2) is 0 Å². The van der Waals surface area contributed by atoms with Crippen LogP contribution in [-0.2, 0) is 142 Å². The molecule has 0 aliphatic heterocycles. The molecule has 0 bridgehead atoms. The number of hydrogen-bond acceptors (Lipinski definition) is 31. The van der Waals surface area contributed by atoms with Crippen LogP contribution in [0.1, 0.15) is 84.0 Å². The van der Waals surface area contributed by atoms with Gasteiger partial charge in [-0.1, -0.05) is 77.6 Å². The Morgan fingerprint density at radius 3 is 0.295 bits per heavy atom. The van der Waals surface area contributed by atoms with Crippen LogP contribution in [0.15, 0.2) is 0 Å². The molecule has 1 N–H and O–H groups in total. The molecule has 0 saturated heterocycles. The number of aliphatic hydroxyl groups excluding tert-OH is 1. The largest absolute Gasteiger partial charge is 0.394 e. The van der Waals surface area contributed by atoms with Gasteiger partial charge in [0, 0.05) is 6.61 Å². The predicted octanol–water partition coefficient (Wildman–Crippen LogP) is 5.18. The smallest absolute Gasteiger partial charge is 0.0701 e. The maximum Gasteiger partial charge on any atom is 0.0701 e. The summed E-state index contributed by atoms with van der Waals surface area (Å²) in [6.07, 6.45) is 16.2. The molecule has 0 saturated carbocycles. The van der Waals surface area contributed by atoms with Gasteiger partial charge in [-0.25, -0.2) is 0 Å². The van der Waals surface area contributed by atoms with E-state index >= 15 is 0 Å². The molecule has 0 aliphatic rings. The van der Waals surface area contributed by atoms with Crippen molar-refractivity contribution < 1.29 is 147 Å². The lowest BCUT2D eigenvalue weighted by Crippen LogP contribution is -2.16. The van der Waals surface area contributed by atoms with E-state index in [1.807, 2.05) is 0 Å². The molecule has 0 aromatic heterocycles. The highest BCUT2D eigenvalue weighted by Crippen LogP contribution is 2.12. The molecular formula is C74H150O31. The van der Waals surface area contributed by atoms with Crippen LogP contribution in [0.25, 0.3) is 0 Å². The first-order valence-corrected chi connectivity index (χ1v) is 39.3. The molecule has 0 radical (unpaired) electrons. The molecule has 0 aromatic rings. The monoisotopic (exact) mass is 1540 g/mol. The van der Waals surface area contributed by atoms with Gasteiger partial charge in [-0.2, -0.15) is 0 Å². The minimum Gasteiger partial charge on any atom is -0.394 e. The summed E-state index contributed by atoms with van der Waals surface area (Å²) < 4.78 is 166. The number of hydrogen-bond donors (Lipinski definition) is 1. The molecule has 0 aliphatic carbocycles. The third kappa shape index (κ3) is 103.